The predicted molar refractivity (Wildman–Crippen MR) is 92.8 cm³/mol. The lowest BCUT2D eigenvalue weighted by atomic mass is 10.1. The molecule has 0 spiro atoms. The first-order valence-corrected chi connectivity index (χ1v) is 8.53. The van der Waals surface area contributed by atoms with E-state index in [9.17, 15) is 14.4 Å². The van der Waals surface area contributed by atoms with E-state index in [-0.39, 0.29) is 24.8 Å². The first kappa shape index (κ1) is 19.5. The number of rotatable bonds is 6. The molecule has 0 saturated heterocycles. The normalized spacial score (nSPS) is 16.5. The van der Waals surface area contributed by atoms with E-state index in [0.29, 0.717) is 19.3 Å². The molecule has 0 fully saturated rings. The second-order valence-electron chi connectivity index (χ2n) is 5.80. The van der Waals surface area contributed by atoms with E-state index in [1.54, 1.807) is 0 Å². The Morgan fingerprint density at radius 3 is 2.58 bits per heavy atom. The van der Waals surface area contributed by atoms with Gasteiger partial charge in [-0.25, -0.2) is 9.59 Å². The smallest absolute Gasteiger partial charge is 0.414 e. The van der Waals surface area contributed by atoms with Gasteiger partial charge in [0.25, 0.3) is 0 Å². The lowest BCUT2D eigenvalue weighted by Gasteiger charge is -2.29. The van der Waals surface area contributed by atoms with Crippen molar-refractivity contribution >= 4 is 18.0 Å². The van der Waals surface area contributed by atoms with Gasteiger partial charge in [-0.15, -0.1) is 0 Å². The van der Waals surface area contributed by atoms with Crippen LogP contribution in [-0.2, 0) is 30.4 Å². The molecule has 0 N–H and O–H groups in total. The van der Waals surface area contributed by atoms with Gasteiger partial charge >= 0.3 is 18.0 Å². The quantitative estimate of drug-likeness (QED) is 0.572. The number of esters is 2. The van der Waals surface area contributed by atoms with E-state index < -0.39 is 18.2 Å². The van der Waals surface area contributed by atoms with E-state index in [0.717, 1.165) is 5.56 Å². The van der Waals surface area contributed by atoms with Crippen molar-refractivity contribution in [2.45, 2.75) is 38.9 Å². The summed E-state index contributed by atoms with van der Waals surface area (Å²) in [5.41, 5.74) is 0.860. The fourth-order valence-corrected chi connectivity index (χ4v) is 2.52. The molecule has 0 aromatic heterocycles. The van der Waals surface area contributed by atoms with E-state index in [4.69, 9.17) is 14.2 Å². The van der Waals surface area contributed by atoms with Gasteiger partial charge in [0.15, 0.2) is 0 Å². The van der Waals surface area contributed by atoms with Crippen molar-refractivity contribution in [3.05, 3.63) is 47.7 Å². The van der Waals surface area contributed by atoms with Crippen molar-refractivity contribution in [1.82, 2.24) is 4.90 Å². The molecule has 2 rings (SSSR count). The highest BCUT2D eigenvalue weighted by molar-refractivity contribution is 5.92. The second-order valence-corrected chi connectivity index (χ2v) is 5.80. The summed E-state index contributed by atoms with van der Waals surface area (Å²) < 4.78 is 15.3. The van der Waals surface area contributed by atoms with Crippen LogP contribution in [0.15, 0.2) is 42.1 Å². The van der Waals surface area contributed by atoms with E-state index >= 15 is 0 Å². The number of benzene rings is 1. The molecule has 0 saturated carbocycles. The number of nitrogens with zero attached hydrogens (tertiary/aromatic N) is 1. The molecule has 1 aliphatic rings. The van der Waals surface area contributed by atoms with Crippen LogP contribution in [0.4, 0.5) is 4.79 Å². The number of ether oxygens (including phenoxy) is 3. The van der Waals surface area contributed by atoms with Crippen LogP contribution in [0.5, 0.6) is 0 Å². The van der Waals surface area contributed by atoms with Gasteiger partial charge in [-0.05, 0) is 18.1 Å². The monoisotopic (exact) mass is 361 g/mol. The number of hydrogen-bond donors (Lipinski definition) is 0. The van der Waals surface area contributed by atoms with E-state index in [2.05, 4.69) is 0 Å². The van der Waals surface area contributed by atoms with Gasteiger partial charge in [-0.2, -0.15) is 0 Å². The molecule has 1 amide bonds. The Morgan fingerprint density at radius 2 is 1.92 bits per heavy atom. The first-order chi connectivity index (χ1) is 12.5. The summed E-state index contributed by atoms with van der Waals surface area (Å²) >= 11 is 0. The highest BCUT2D eigenvalue weighted by Crippen LogP contribution is 2.21. The molecule has 1 atom stereocenters. The zero-order valence-electron chi connectivity index (χ0n) is 15.0. The van der Waals surface area contributed by atoms with Crippen molar-refractivity contribution in [2.75, 3.05) is 13.7 Å². The van der Waals surface area contributed by atoms with Crippen molar-refractivity contribution in [2.24, 2.45) is 0 Å². The Bertz CT molecular complexity index is 670. The van der Waals surface area contributed by atoms with Crippen molar-refractivity contribution in [3.8, 4) is 0 Å². The first-order valence-electron chi connectivity index (χ1n) is 8.53. The third-order valence-corrected chi connectivity index (χ3v) is 3.83. The Morgan fingerprint density at radius 1 is 1.19 bits per heavy atom. The summed E-state index contributed by atoms with van der Waals surface area (Å²) in [5, 5.41) is 0. The third-order valence-electron chi connectivity index (χ3n) is 3.83. The number of hydrogen-bond acceptors (Lipinski definition) is 6. The molecule has 7 heteroatoms. The molecular weight excluding hydrogens is 338 g/mol. The average Bonchev–Trinajstić information content (AvgIpc) is 2.66. The molecule has 1 aromatic rings. The minimum atomic E-state index is -0.682. The molecular formula is C19H23NO6. The molecule has 0 unspecified atom stereocenters. The Balaban J connectivity index is 2.05. The summed E-state index contributed by atoms with van der Waals surface area (Å²) in [6, 6.07) is 9.24. The van der Waals surface area contributed by atoms with Crippen LogP contribution in [-0.4, -0.2) is 42.7 Å². The zero-order valence-corrected chi connectivity index (χ0v) is 15.0. The Kier molecular flexibility index (Phi) is 7.20. The minimum absolute atomic E-state index is 0.0195. The maximum absolute atomic E-state index is 12.4. The number of amides is 1. The van der Waals surface area contributed by atoms with Crippen LogP contribution >= 0.6 is 0 Å². The lowest BCUT2D eigenvalue weighted by Crippen LogP contribution is -2.41. The molecule has 0 radical (unpaired) electrons. The van der Waals surface area contributed by atoms with Crippen LogP contribution < -0.4 is 0 Å². The van der Waals surface area contributed by atoms with Crippen LogP contribution in [0, 0.1) is 0 Å². The molecule has 1 aliphatic heterocycles. The Labute approximate surface area is 152 Å². The maximum atomic E-state index is 12.4. The molecule has 140 valence electrons. The van der Waals surface area contributed by atoms with Gasteiger partial charge < -0.3 is 14.2 Å². The number of carbonyl (C=O) groups excluding carboxylic acids is 3. The Hall–Kier alpha value is -2.83. The van der Waals surface area contributed by atoms with Gasteiger partial charge in [0.05, 0.1) is 7.11 Å². The topological polar surface area (TPSA) is 82.1 Å². The second kappa shape index (κ2) is 9.60. The van der Waals surface area contributed by atoms with E-state index in [1.807, 2.05) is 37.3 Å². The number of carbonyl (C=O) groups is 3. The summed E-state index contributed by atoms with van der Waals surface area (Å²) in [7, 11) is 1.23. The summed E-state index contributed by atoms with van der Waals surface area (Å²) in [4.78, 5) is 37.3. The van der Waals surface area contributed by atoms with Crippen LogP contribution in [0.25, 0.3) is 0 Å². The van der Waals surface area contributed by atoms with Gasteiger partial charge in [-0.1, -0.05) is 37.3 Å². The summed E-state index contributed by atoms with van der Waals surface area (Å²) in [6.07, 6.45) is 1.59. The highest BCUT2D eigenvalue weighted by Gasteiger charge is 2.32. The standard InChI is InChI=1S/C19H23NO6/c1-3-7-17(21)26-15-10-11-20(16(12-15)18(22)24-2)19(23)25-13-14-8-5-4-6-9-14/h4-6,8-9,12,15H,3,7,10-11,13H2,1-2H3/t15-/m1/s1. The van der Waals surface area contributed by atoms with Crippen molar-refractivity contribution in [1.29, 1.82) is 0 Å². The van der Waals surface area contributed by atoms with Crippen molar-refractivity contribution < 1.29 is 28.6 Å². The SMILES string of the molecule is CCCC(=O)O[C@H]1C=C(C(=O)OC)N(C(=O)OCc2ccccc2)CC1. The minimum Gasteiger partial charge on any atom is -0.464 e. The van der Waals surface area contributed by atoms with Gasteiger partial charge in [0.2, 0.25) is 0 Å². The average molecular weight is 361 g/mol. The summed E-state index contributed by atoms with van der Waals surface area (Å²) in [5.74, 6) is -1.02. The number of methoxy groups -OCH3 is 1. The van der Waals surface area contributed by atoms with Crippen molar-refractivity contribution in [3.63, 3.8) is 0 Å². The van der Waals surface area contributed by atoms with Gasteiger partial charge in [0, 0.05) is 19.4 Å². The van der Waals surface area contributed by atoms with Crippen LogP contribution in [0.3, 0.4) is 0 Å². The molecule has 0 bridgehead atoms. The fraction of sp³-hybridized carbons (Fsp3) is 0.421. The van der Waals surface area contributed by atoms with E-state index in [1.165, 1.54) is 18.1 Å². The molecule has 1 heterocycles. The molecule has 1 aromatic carbocycles. The van der Waals surface area contributed by atoms with Crippen LogP contribution in [0.2, 0.25) is 0 Å². The zero-order chi connectivity index (χ0) is 18.9. The summed E-state index contributed by atoms with van der Waals surface area (Å²) in [6.45, 7) is 2.17. The largest absolute Gasteiger partial charge is 0.464 e. The predicted octanol–water partition coefficient (Wildman–Crippen LogP) is 2.80. The highest BCUT2D eigenvalue weighted by atomic mass is 16.6. The van der Waals surface area contributed by atoms with Gasteiger partial charge in [-0.3, -0.25) is 9.69 Å². The lowest BCUT2D eigenvalue weighted by molar-refractivity contribution is -0.148. The third kappa shape index (κ3) is 5.34. The molecule has 26 heavy (non-hydrogen) atoms. The van der Waals surface area contributed by atoms with Crippen LogP contribution in [0.1, 0.15) is 31.7 Å². The maximum Gasteiger partial charge on any atom is 0.414 e. The molecule has 0 aliphatic carbocycles. The fourth-order valence-electron chi connectivity index (χ4n) is 2.52. The molecule has 7 nitrogen and oxygen atoms in total. The van der Waals surface area contributed by atoms with Gasteiger partial charge in [0.1, 0.15) is 18.4 Å².